The van der Waals surface area contributed by atoms with Gasteiger partial charge in [-0.15, -0.1) is 0 Å². The van der Waals surface area contributed by atoms with Crippen molar-refractivity contribution in [2.45, 2.75) is 20.0 Å². The van der Waals surface area contributed by atoms with Crippen molar-refractivity contribution < 1.29 is 9.53 Å². The fourth-order valence-corrected chi connectivity index (χ4v) is 1.79. The molecule has 20 heavy (non-hydrogen) atoms. The lowest BCUT2D eigenvalue weighted by atomic mass is 10.3. The van der Waals surface area contributed by atoms with E-state index < -0.39 is 6.03 Å². The van der Waals surface area contributed by atoms with Crippen LogP contribution in [0.25, 0.3) is 0 Å². The second-order valence-electron chi connectivity index (χ2n) is 4.35. The maximum absolute atomic E-state index is 11.9. The zero-order valence-corrected chi connectivity index (χ0v) is 11.9. The summed E-state index contributed by atoms with van der Waals surface area (Å²) in [6.45, 7) is 3.78. The van der Waals surface area contributed by atoms with Crippen molar-refractivity contribution >= 4 is 29.0 Å². The predicted molar refractivity (Wildman–Crippen MR) is 78.4 cm³/mol. The first kappa shape index (κ1) is 14.2. The maximum Gasteiger partial charge on any atom is 0.323 e. The van der Waals surface area contributed by atoms with Gasteiger partial charge in [0, 0.05) is 6.20 Å². The Morgan fingerprint density at radius 2 is 2.20 bits per heavy atom. The van der Waals surface area contributed by atoms with Crippen molar-refractivity contribution in [3.8, 4) is 5.75 Å². The summed E-state index contributed by atoms with van der Waals surface area (Å²) in [7, 11) is 0. The number of carbonyl (C=O) groups is 1. The SMILES string of the molecule is CC(C)Oc1c(Cl)cccc1NC(=O)Nc1cn[nH]c1. The van der Waals surface area contributed by atoms with Gasteiger partial charge in [-0.25, -0.2) is 4.79 Å². The molecule has 2 amide bonds. The summed E-state index contributed by atoms with van der Waals surface area (Å²) in [5.74, 6) is 0.450. The third kappa shape index (κ3) is 3.64. The Morgan fingerprint density at radius 3 is 2.85 bits per heavy atom. The van der Waals surface area contributed by atoms with E-state index >= 15 is 0 Å². The Balaban J connectivity index is 2.12. The third-order valence-electron chi connectivity index (χ3n) is 2.32. The summed E-state index contributed by atoms with van der Waals surface area (Å²) in [4.78, 5) is 11.9. The van der Waals surface area contributed by atoms with Gasteiger partial charge in [0.25, 0.3) is 0 Å². The van der Waals surface area contributed by atoms with Gasteiger partial charge in [-0.1, -0.05) is 17.7 Å². The van der Waals surface area contributed by atoms with Crippen LogP contribution in [0.2, 0.25) is 5.02 Å². The number of ether oxygens (including phenoxy) is 1. The van der Waals surface area contributed by atoms with Gasteiger partial charge in [0.2, 0.25) is 0 Å². The highest BCUT2D eigenvalue weighted by molar-refractivity contribution is 6.32. The van der Waals surface area contributed by atoms with Gasteiger partial charge in [0.1, 0.15) is 0 Å². The number of aromatic nitrogens is 2. The van der Waals surface area contributed by atoms with Crippen LogP contribution in [0, 0.1) is 0 Å². The Hall–Kier alpha value is -2.21. The normalized spacial score (nSPS) is 10.4. The largest absolute Gasteiger partial charge is 0.487 e. The molecule has 3 N–H and O–H groups in total. The van der Waals surface area contributed by atoms with Crippen LogP contribution in [0.5, 0.6) is 5.75 Å². The molecule has 0 spiro atoms. The number of carbonyl (C=O) groups excluding carboxylic acids is 1. The smallest absolute Gasteiger partial charge is 0.323 e. The number of nitrogens with zero attached hydrogens (tertiary/aromatic N) is 1. The molecule has 0 aliphatic carbocycles. The number of halogens is 1. The highest BCUT2D eigenvalue weighted by atomic mass is 35.5. The lowest BCUT2D eigenvalue weighted by Gasteiger charge is -2.16. The van der Waals surface area contributed by atoms with Crippen molar-refractivity contribution in [1.82, 2.24) is 10.2 Å². The first-order chi connectivity index (χ1) is 9.56. The van der Waals surface area contributed by atoms with Gasteiger partial charge >= 0.3 is 6.03 Å². The molecule has 0 aliphatic heterocycles. The van der Waals surface area contributed by atoms with Gasteiger partial charge in [-0.2, -0.15) is 5.10 Å². The number of amides is 2. The summed E-state index contributed by atoms with van der Waals surface area (Å²) < 4.78 is 5.62. The quantitative estimate of drug-likeness (QED) is 0.807. The van der Waals surface area contributed by atoms with Crippen LogP contribution in [-0.4, -0.2) is 22.3 Å². The first-order valence-electron chi connectivity index (χ1n) is 6.08. The summed E-state index contributed by atoms with van der Waals surface area (Å²) in [5, 5.41) is 12.1. The second-order valence-corrected chi connectivity index (χ2v) is 4.76. The second kappa shape index (κ2) is 6.29. The van der Waals surface area contributed by atoms with E-state index in [9.17, 15) is 4.79 Å². The molecule has 0 atom stereocenters. The maximum atomic E-state index is 11.9. The molecule has 7 heteroatoms. The molecular formula is C13H15ClN4O2. The van der Waals surface area contributed by atoms with E-state index in [1.165, 1.54) is 6.20 Å². The van der Waals surface area contributed by atoms with Crippen LogP contribution in [0.15, 0.2) is 30.6 Å². The highest BCUT2D eigenvalue weighted by Crippen LogP contribution is 2.33. The van der Waals surface area contributed by atoms with Crippen LogP contribution in [-0.2, 0) is 0 Å². The third-order valence-corrected chi connectivity index (χ3v) is 2.62. The number of nitrogens with one attached hydrogen (secondary N) is 3. The summed E-state index contributed by atoms with van der Waals surface area (Å²) in [5.41, 5.74) is 1.07. The number of hydrogen-bond donors (Lipinski definition) is 3. The monoisotopic (exact) mass is 294 g/mol. The molecule has 6 nitrogen and oxygen atoms in total. The minimum absolute atomic E-state index is 0.0487. The lowest BCUT2D eigenvalue weighted by Crippen LogP contribution is -2.20. The number of rotatable bonds is 4. The Bertz CT molecular complexity index is 584. The number of benzene rings is 1. The van der Waals surface area contributed by atoms with Crippen molar-refractivity contribution in [2.75, 3.05) is 10.6 Å². The Morgan fingerprint density at radius 1 is 1.40 bits per heavy atom. The fraction of sp³-hybridized carbons (Fsp3) is 0.231. The number of aromatic amines is 1. The number of H-pyrrole nitrogens is 1. The van der Waals surface area contributed by atoms with Crippen molar-refractivity contribution in [3.05, 3.63) is 35.6 Å². The number of hydrogen-bond acceptors (Lipinski definition) is 3. The minimum Gasteiger partial charge on any atom is -0.487 e. The lowest BCUT2D eigenvalue weighted by molar-refractivity contribution is 0.243. The van der Waals surface area contributed by atoms with E-state index in [0.717, 1.165) is 0 Å². The van der Waals surface area contributed by atoms with E-state index in [1.54, 1.807) is 24.4 Å². The summed E-state index contributed by atoms with van der Waals surface area (Å²) in [6.07, 6.45) is 3.03. The molecule has 106 valence electrons. The molecule has 1 heterocycles. The van der Waals surface area contributed by atoms with Crippen molar-refractivity contribution in [1.29, 1.82) is 0 Å². The predicted octanol–water partition coefficient (Wildman–Crippen LogP) is 3.49. The molecule has 0 aliphatic rings. The summed E-state index contributed by atoms with van der Waals surface area (Å²) >= 11 is 6.09. The molecule has 0 fully saturated rings. The van der Waals surface area contributed by atoms with E-state index in [0.29, 0.717) is 22.1 Å². The topological polar surface area (TPSA) is 79.0 Å². The Kier molecular flexibility index (Phi) is 4.47. The molecule has 0 saturated carbocycles. The average molecular weight is 295 g/mol. The molecule has 2 rings (SSSR count). The molecule has 1 aromatic carbocycles. The number of anilines is 2. The van der Waals surface area contributed by atoms with E-state index in [2.05, 4.69) is 20.8 Å². The standard InChI is InChI=1S/C13H15ClN4O2/c1-8(2)20-12-10(14)4-3-5-11(12)18-13(19)17-9-6-15-16-7-9/h3-8H,1-2H3,(H,15,16)(H2,17,18,19). The number of urea groups is 1. The van der Waals surface area contributed by atoms with Crippen LogP contribution in [0.4, 0.5) is 16.2 Å². The Labute approximate surface area is 121 Å². The minimum atomic E-state index is -0.401. The molecule has 0 radical (unpaired) electrons. The zero-order valence-electron chi connectivity index (χ0n) is 11.1. The van der Waals surface area contributed by atoms with Crippen LogP contribution >= 0.6 is 11.6 Å². The molecule has 0 unspecified atom stereocenters. The van der Waals surface area contributed by atoms with E-state index in [4.69, 9.17) is 16.3 Å². The van der Waals surface area contributed by atoms with E-state index in [1.807, 2.05) is 13.8 Å². The van der Waals surface area contributed by atoms with Crippen LogP contribution < -0.4 is 15.4 Å². The molecule has 0 saturated heterocycles. The van der Waals surface area contributed by atoms with E-state index in [-0.39, 0.29) is 6.10 Å². The van der Waals surface area contributed by atoms with Gasteiger partial charge in [-0.3, -0.25) is 5.10 Å². The number of para-hydroxylation sites is 1. The average Bonchev–Trinajstić information content (AvgIpc) is 2.86. The van der Waals surface area contributed by atoms with Gasteiger partial charge < -0.3 is 15.4 Å². The van der Waals surface area contributed by atoms with Crippen LogP contribution in [0.3, 0.4) is 0 Å². The summed E-state index contributed by atoms with van der Waals surface area (Å²) in [6, 6.07) is 4.77. The molecular weight excluding hydrogens is 280 g/mol. The van der Waals surface area contributed by atoms with Gasteiger partial charge in [0.05, 0.1) is 28.7 Å². The van der Waals surface area contributed by atoms with Crippen molar-refractivity contribution in [2.24, 2.45) is 0 Å². The van der Waals surface area contributed by atoms with Gasteiger partial charge in [-0.05, 0) is 26.0 Å². The fourth-order valence-electron chi connectivity index (χ4n) is 1.57. The highest BCUT2D eigenvalue weighted by Gasteiger charge is 2.13. The molecule has 0 bridgehead atoms. The molecule has 2 aromatic rings. The van der Waals surface area contributed by atoms with Crippen LogP contribution in [0.1, 0.15) is 13.8 Å². The zero-order chi connectivity index (χ0) is 14.5. The first-order valence-corrected chi connectivity index (χ1v) is 6.46. The molecule has 1 aromatic heterocycles. The van der Waals surface area contributed by atoms with Gasteiger partial charge in [0.15, 0.2) is 5.75 Å². The van der Waals surface area contributed by atoms with Crippen molar-refractivity contribution in [3.63, 3.8) is 0 Å².